The number of nitrogens with zero attached hydrogens (tertiary/aromatic N) is 1. The summed E-state index contributed by atoms with van der Waals surface area (Å²) in [5.74, 6) is -0.347. The number of benzene rings is 1. The Morgan fingerprint density at radius 1 is 1.32 bits per heavy atom. The summed E-state index contributed by atoms with van der Waals surface area (Å²) in [6, 6.07) is 5.67. The van der Waals surface area contributed by atoms with Gasteiger partial charge in [-0.15, -0.1) is 0 Å². The molecule has 0 heterocycles. The molecule has 0 bridgehead atoms. The molecule has 0 aliphatic heterocycles. The summed E-state index contributed by atoms with van der Waals surface area (Å²) in [6.45, 7) is 2.84. The van der Waals surface area contributed by atoms with Gasteiger partial charge in [-0.05, 0) is 51.6 Å². The van der Waals surface area contributed by atoms with Crippen molar-refractivity contribution in [1.29, 1.82) is 0 Å². The second-order valence-electron chi connectivity index (χ2n) is 4.27. The van der Waals surface area contributed by atoms with Crippen molar-refractivity contribution in [1.82, 2.24) is 5.32 Å². The van der Waals surface area contributed by atoms with E-state index in [9.17, 15) is 12.8 Å². The molecule has 108 valence electrons. The van der Waals surface area contributed by atoms with Gasteiger partial charge in [-0.25, -0.2) is 12.8 Å². The molecule has 0 amide bonds. The summed E-state index contributed by atoms with van der Waals surface area (Å²) < 4.78 is 38.9. The minimum atomic E-state index is -3.38. The first kappa shape index (κ1) is 15.9. The Bertz CT molecular complexity index is 491. The van der Waals surface area contributed by atoms with Crippen LogP contribution in [0.4, 0.5) is 10.1 Å². The number of hydrogen-bond acceptors (Lipinski definition) is 3. The van der Waals surface area contributed by atoms with Crippen molar-refractivity contribution in [3.05, 3.63) is 30.1 Å². The number of sulfonamides is 1. The lowest BCUT2D eigenvalue weighted by Gasteiger charge is -2.22. The van der Waals surface area contributed by atoms with Crippen LogP contribution in [0.3, 0.4) is 0 Å². The van der Waals surface area contributed by atoms with Crippen molar-refractivity contribution in [2.75, 3.05) is 30.2 Å². The van der Waals surface area contributed by atoms with Crippen LogP contribution in [0.1, 0.15) is 19.8 Å². The third kappa shape index (κ3) is 4.80. The van der Waals surface area contributed by atoms with Gasteiger partial charge in [0.15, 0.2) is 0 Å². The first-order valence-corrected chi connectivity index (χ1v) is 8.02. The van der Waals surface area contributed by atoms with Gasteiger partial charge in [-0.3, -0.25) is 4.31 Å². The van der Waals surface area contributed by atoms with Gasteiger partial charge in [0.25, 0.3) is 0 Å². The molecule has 19 heavy (non-hydrogen) atoms. The first-order chi connectivity index (χ1) is 9.01. The van der Waals surface area contributed by atoms with E-state index in [2.05, 4.69) is 5.32 Å². The molecule has 1 rings (SSSR count). The molecule has 0 radical (unpaired) electrons. The molecule has 4 nitrogen and oxygen atoms in total. The van der Waals surface area contributed by atoms with Crippen molar-refractivity contribution in [3.63, 3.8) is 0 Å². The highest BCUT2D eigenvalue weighted by atomic mass is 32.2. The number of nitrogens with one attached hydrogen (secondary N) is 1. The number of unbranched alkanes of at least 4 members (excludes halogenated alkanes) is 1. The van der Waals surface area contributed by atoms with Crippen LogP contribution >= 0.6 is 0 Å². The molecule has 1 aromatic carbocycles. The van der Waals surface area contributed by atoms with Crippen LogP contribution in [0.2, 0.25) is 0 Å². The fourth-order valence-electron chi connectivity index (χ4n) is 1.87. The molecule has 0 atom stereocenters. The first-order valence-electron chi connectivity index (χ1n) is 6.42. The molecule has 1 aromatic rings. The largest absolute Gasteiger partial charge is 0.320 e. The van der Waals surface area contributed by atoms with Crippen molar-refractivity contribution in [2.24, 2.45) is 0 Å². The van der Waals surface area contributed by atoms with E-state index in [-0.39, 0.29) is 5.75 Å². The fourth-order valence-corrected chi connectivity index (χ4v) is 3.49. The summed E-state index contributed by atoms with van der Waals surface area (Å²) in [5.41, 5.74) is 0.385. The van der Waals surface area contributed by atoms with Gasteiger partial charge in [-0.2, -0.15) is 0 Å². The summed E-state index contributed by atoms with van der Waals surface area (Å²) in [5, 5.41) is 2.98. The maximum Gasteiger partial charge on any atom is 0.235 e. The number of anilines is 1. The highest BCUT2D eigenvalue weighted by Crippen LogP contribution is 2.19. The highest BCUT2D eigenvalue weighted by Gasteiger charge is 2.20. The van der Waals surface area contributed by atoms with Crippen molar-refractivity contribution < 1.29 is 12.8 Å². The zero-order valence-electron chi connectivity index (χ0n) is 11.4. The van der Waals surface area contributed by atoms with E-state index in [4.69, 9.17) is 0 Å². The van der Waals surface area contributed by atoms with Crippen molar-refractivity contribution in [3.8, 4) is 0 Å². The maximum atomic E-state index is 13.2. The average Bonchev–Trinajstić information content (AvgIpc) is 2.35. The Hall–Kier alpha value is -1.14. The molecular weight excluding hydrogens is 267 g/mol. The minimum absolute atomic E-state index is 0.0824. The standard InChI is InChI=1S/C13H21FN2O2S/c1-3-16(13-8-6-7-12(14)11-13)19(17,18)10-5-4-9-15-2/h6-8,11,15H,3-5,9-10H2,1-2H3. The zero-order chi connectivity index (χ0) is 14.3. The smallest absolute Gasteiger partial charge is 0.235 e. The molecular formula is C13H21FN2O2S. The third-order valence-corrected chi connectivity index (χ3v) is 4.74. The number of halogens is 1. The van der Waals surface area contributed by atoms with Gasteiger partial charge in [0.2, 0.25) is 10.0 Å². The van der Waals surface area contributed by atoms with E-state index >= 15 is 0 Å². The Morgan fingerprint density at radius 2 is 2.05 bits per heavy atom. The Labute approximate surface area is 114 Å². The Balaban J connectivity index is 2.78. The van der Waals surface area contributed by atoms with Gasteiger partial charge in [0.05, 0.1) is 11.4 Å². The summed E-state index contributed by atoms with van der Waals surface area (Å²) in [4.78, 5) is 0. The lowest BCUT2D eigenvalue weighted by Crippen LogP contribution is -2.33. The summed E-state index contributed by atoms with van der Waals surface area (Å²) in [6.07, 6.45) is 1.39. The van der Waals surface area contributed by atoms with Crippen molar-refractivity contribution in [2.45, 2.75) is 19.8 Å². The molecule has 0 saturated heterocycles. The second kappa shape index (κ2) is 7.45. The van der Waals surface area contributed by atoms with Crippen molar-refractivity contribution >= 4 is 15.7 Å². The fraction of sp³-hybridized carbons (Fsp3) is 0.538. The molecule has 0 unspecified atom stereocenters. The van der Waals surface area contributed by atoms with Crippen LogP contribution in [0.5, 0.6) is 0 Å². The molecule has 0 saturated carbocycles. The van der Waals surface area contributed by atoms with Gasteiger partial charge in [-0.1, -0.05) is 6.07 Å². The molecule has 0 fully saturated rings. The quantitative estimate of drug-likeness (QED) is 0.744. The predicted octanol–water partition coefficient (Wildman–Crippen LogP) is 1.98. The molecule has 0 aliphatic carbocycles. The van der Waals surface area contributed by atoms with Crippen LogP contribution in [-0.4, -0.2) is 34.3 Å². The van der Waals surface area contributed by atoms with Crippen LogP contribution in [0.15, 0.2) is 24.3 Å². The Kier molecular flexibility index (Phi) is 6.24. The normalized spacial score (nSPS) is 11.5. The van der Waals surface area contributed by atoms with Gasteiger partial charge in [0, 0.05) is 6.54 Å². The van der Waals surface area contributed by atoms with E-state index < -0.39 is 15.8 Å². The molecule has 0 aliphatic rings. The van der Waals surface area contributed by atoms with Crippen LogP contribution in [0.25, 0.3) is 0 Å². The number of rotatable bonds is 8. The molecule has 0 aromatic heterocycles. The average molecular weight is 288 g/mol. The van der Waals surface area contributed by atoms with Crippen LogP contribution in [-0.2, 0) is 10.0 Å². The second-order valence-corrected chi connectivity index (χ2v) is 6.28. The van der Waals surface area contributed by atoms with Crippen LogP contribution < -0.4 is 9.62 Å². The lowest BCUT2D eigenvalue weighted by atomic mass is 10.3. The van der Waals surface area contributed by atoms with Gasteiger partial charge >= 0.3 is 0 Å². The molecule has 0 spiro atoms. The van der Waals surface area contributed by atoms with E-state index in [1.165, 1.54) is 22.5 Å². The van der Waals surface area contributed by atoms with Gasteiger partial charge < -0.3 is 5.32 Å². The molecule has 1 N–H and O–H groups in total. The van der Waals surface area contributed by atoms with E-state index in [0.717, 1.165) is 13.0 Å². The summed E-state index contributed by atoms with van der Waals surface area (Å²) >= 11 is 0. The highest BCUT2D eigenvalue weighted by molar-refractivity contribution is 7.92. The predicted molar refractivity (Wildman–Crippen MR) is 76.4 cm³/mol. The summed E-state index contributed by atoms with van der Waals surface area (Å²) in [7, 11) is -1.55. The Morgan fingerprint density at radius 3 is 2.63 bits per heavy atom. The zero-order valence-corrected chi connectivity index (χ0v) is 12.2. The maximum absolute atomic E-state index is 13.2. The third-order valence-electron chi connectivity index (χ3n) is 2.80. The number of hydrogen-bond donors (Lipinski definition) is 1. The lowest BCUT2D eigenvalue weighted by molar-refractivity contribution is 0.585. The van der Waals surface area contributed by atoms with E-state index in [1.807, 2.05) is 7.05 Å². The minimum Gasteiger partial charge on any atom is -0.320 e. The van der Waals surface area contributed by atoms with E-state index in [0.29, 0.717) is 18.7 Å². The SMILES string of the molecule is CCN(c1cccc(F)c1)S(=O)(=O)CCCCNC. The van der Waals surface area contributed by atoms with Gasteiger partial charge in [0.1, 0.15) is 5.82 Å². The van der Waals surface area contributed by atoms with E-state index in [1.54, 1.807) is 13.0 Å². The topological polar surface area (TPSA) is 49.4 Å². The van der Waals surface area contributed by atoms with Crippen LogP contribution in [0, 0.1) is 5.82 Å². The molecule has 6 heteroatoms. The monoisotopic (exact) mass is 288 g/mol.